The van der Waals surface area contributed by atoms with Crippen LogP contribution < -0.4 is 26.6 Å². The maximum atomic E-state index is 13.4. The van der Waals surface area contributed by atoms with Crippen molar-refractivity contribution < 1.29 is 81.3 Å². The fourth-order valence-electron chi connectivity index (χ4n) is 6.77. The van der Waals surface area contributed by atoms with Gasteiger partial charge in [0.25, 0.3) is 58.2 Å². The average Bonchev–Trinajstić information content (AvgIpc) is 3.24. The number of benzene rings is 7. The summed E-state index contributed by atoms with van der Waals surface area (Å²) in [5, 5.41) is 32.5. The molecule has 0 aromatic heterocycles. The molecule has 0 aliphatic rings. The highest BCUT2D eigenvalue weighted by Gasteiger charge is 2.24. The molecule has 7 aromatic carbocycles. The number of carbonyl (C=O) groups excluding carboxylic acids is 4. The first-order chi connectivity index (χ1) is 32.1. The van der Waals surface area contributed by atoms with Gasteiger partial charge in [0.2, 0.25) is 0 Å². The number of hydrogen-bond acceptors (Lipinski definition) is 14. The number of phenols is 2. The van der Waals surface area contributed by atoms with E-state index >= 15 is 0 Å². The molecule has 7 aromatic rings. The number of nitrogens with one attached hydrogen (secondary N) is 5. The number of amides is 5. The third-order valence-electron chi connectivity index (χ3n) is 9.79. The van der Waals surface area contributed by atoms with E-state index in [4.69, 9.17) is 0 Å². The first-order valence-electron chi connectivity index (χ1n) is 19.0. The van der Waals surface area contributed by atoms with Gasteiger partial charge in [0.15, 0.2) is 0 Å². The Morgan fingerprint density at radius 1 is 0.362 bits per heavy atom. The maximum absolute atomic E-state index is 13.4. The number of fused-ring (bicyclic) bond motifs is 2. The standard InChI is InChI=1S/C42H31N5O18S4/c48-35-19-31(68(60,61)62)15-24-13-29(66(54,55)56)17-33(37(24)35)46-40(51)22-5-1-7-26(10-22)43-39(50)21-4-2-8-27(11-21)44-42(53)45-28-9-3-6-23(12-28)41(52)47-34-18-30(67(57,58)59)14-25-16-32(69(63,64)65)20-36(49)38(25)34/h1-20,48-49H,(H,43,50)(H,46,51)(H,47,52)(H2,44,45,53)(H,54,55,56)(H,57,58,59)(H,60,61,62)(H,63,64,65). The zero-order valence-electron chi connectivity index (χ0n) is 34.3. The van der Waals surface area contributed by atoms with Gasteiger partial charge in [-0.1, -0.05) is 18.2 Å². The van der Waals surface area contributed by atoms with Crippen LogP contribution in [-0.4, -0.2) is 85.8 Å². The summed E-state index contributed by atoms with van der Waals surface area (Å²) in [7, 11) is -19.7. The highest BCUT2D eigenvalue weighted by Crippen LogP contribution is 2.39. The third-order valence-corrected chi connectivity index (χ3v) is 13.1. The molecule has 0 bridgehead atoms. The van der Waals surface area contributed by atoms with Gasteiger partial charge in [-0.3, -0.25) is 32.6 Å². The monoisotopic (exact) mass is 1020 g/mol. The van der Waals surface area contributed by atoms with E-state index in [2.05, 4.69) is 26.6 Å². The number of aromatic hydroxyl groups is 2. The molecule has 0 aliphatic carbocycles. The lowest BCUT2D eigenvalue weighted by molar-refractivity contribution is 0.101. The molecule has 0 heterocycles. The van der Waals surface area contributed by atoms with Crippen molar-refractivity contribution in [3.8, 4) is 11.5 Å². The van der Waals surface area contributed by atoms with Crippen LogP contribution in [0.15, 0.2) is 141 Å². The summed E-state index contributed by atoms with van der Waals surface area (Å²) < 4.78 is 133. The minimum Gasteiger partial charge on any atom is -0.507 e. The van der Waals surface area contributed by atoms with Crippen molar-refractivity contribution in [1.82, 2.24) is 0 Å². The molecule has 5 amide bonds. The Balaban J connectivity index is 1.03. The molecular weight excluding hydrogens is 991 g/mol. The molecular formula is C42H31N5O18S4. The number of anilines is 5. The van der Waals surface area contributed by atoms with Crippen molar-refractivity contribution >= 4 is 114 Å². The SMILES string of the molecule is O=C(Nc1cccc(C(=O)Nc2cccc(C(=O)Nc3cc(S(=O)(=O)O)cc4cc(S(=O)(=O)O)cc(O)c34)c2)c1)Nc1cccc(C(=O)Nc2cc(S(=O)(=O)O)cc3cc(S(=O)(=O)O)cc(O)c23)c1. The van der Waals surface area contributed by atoms with Gasteiger partial charge in [0.05, 0.1) is 31.0 Å². The molecule has 0 saturated heterocycles. The summed E-state index contributed by atoms with van der Waals surface area (Å²) in [6, 6.07) is 21.5. The van der Waals surface area contributed by atoms with Gasteiger partial charge in [-0.05, 0) is 102 Å². The van der Waals surface area contributed by atoms with Crippen LogP contribution in [0, 0.1) is 0 Å². The van der Waals surface area contributed by atoms with E-state index in [1.165, 1.54) is 72.8 Å². The third kappa shape index (κ3) is 11.2. The molecule has 0 atom stereocenters. The van der Waals surface area contributed by atoms with Crippen molar-refractivity contribution in [3.63, 3.8) is 0 Å². The molecule has 356 valence electrons. The predicted molar refractivity (Wildman–Crippen MR) is 246 cm³/mol. The summed E-state index contributed by atoms with van der Waals surface area (Å²) >= 11 is 0. The van der Waals surface area contributed by atoms with Gasteiger partial charge in [-0.2, -0.15) is 33.7 Å². The second-order valence-corrected chi connectivity index (χ2v) is 20.3. The quantitative estimate of drug-likeness (QED) is 0.0645. The summed E-state index contributed by atoms with van der Waals surface area (Å²) in [4.78, 5) is 50.0. The van der Waals surface area contributed by atoms with Gasteiger partial charge in [-0.25, -0.2) is 4.79 Å². The molecule has 0 aliphatic heterocycles. The van der Waals surface area contributed by atoms with Crippen LogP contribution in [0.1, 0.15) is 31.1 Å². The van der Waals surface area contributed by atoms with E-state index in [1.807, 2.05) is 0 Å². The predicted octanol–water partition coefficient (Wildman–Crippen LogP) is 5.79. The Morgan fingerprint density at radius 3 is 0.971 bits per heavy atom. The van der Waals surface area contributed by atoms with Gasteiger partial charge in [-0.15, -0.1) is 0 Å². The van der Waals surface area contributed by atoms with Crippen molar-refractivity contribution in [2.45, 2.75) is 19.6 Å². The Hall–Kier alpha value is -8.02. The number of hydrogen-bond donors (Lipinski definition) is 11. The summed E-state index contributed by atoms with van der Waals surface area (Å²) in [6.07, 6.45) is 0. The van der Waals surface area contributed by atoms with Crippen LogP contribution >= 0.6 is 0 Å². The lowest BCUT2D eigenvalue weighted by Gasteiger charge is -2.14. The smallest absolute Gasteiger partial charge is 0.323 e. The summed E-state index contributed by atoms with van der Waals surface area (Å²) in [5.74, 6) is -4.12. The summed E-state index contributed by atoms with van der Waals surface area (Å²) in [5.41, 5.74) is -0.753. The maximum Gasteiger partial charge on any atom is 0.323 e. The average molecular weight is 1020 g/mol. The normalized spacial score (nSPS) is 12.0. The van der Waals surface area contributed by atoms with E-state index in [0.29, 0.717) is 12.1 Å². The fourth-order valence-corrected chi connectivity index (χ4v) is 8.93. The lowest BCUT2D eigenvalue weighted by atomic mass is 10.1. The second-order valence-electron chi connectivity index (χ2n) is 14.6. The first-order valence-corrected chi connectivity index (χ1v) is 24.7. The highest BCUT2D eigenvalue weighted by molar-refractivity contribution is 7.86. The molecule has 27 heteroatoms. The van der Waals surface area contributed by atoms with Gasteiger partial charge < -0.3 is 36.8 Å². The minimum atomic E-state index is -4.95. The van der Waals surface area contributed by atoms with E-state index in [1.54, 1.807) is 0 Å². The Bertz CT molecular complexity index is 3820. The Kier molecular flexibility index (Phi) is 12.9. The van der Waals surface area contributed by atoms with E-state index < -0.39 is 95.3 Å². The molecule has 0 radical (unpaired) electrons. The number of phenolic OH excluding ortho intramolecular Hbond substituents is 2. The zero-order valence-corrected chi connectivity index (χ0v) is 37.5. The fraction of sp³-hybridized carbons (Fsp3) is 0. The number of urea groups is 1. The highest BCUT2D eigenvalue weighted by atomic mass is 32.2. The first kappa shape index (κ1) is 48.9. The minimum absolute atomic E-state index is 0.0143. The molecule has 0 spiro atoms. The van der Waals surface area contributed by atoms with Gasteiger partial charge in [0.1, 0.15) is 11.5 Å². The molecule has 0 saturated carbocycles. The van der Waals surface area contributed by atoms with Crippen LogP contribution in [0.4, 0.5) is 33.2 Å². The lowest BCUT2D eigenvalue weighted by Crippen LogP contribution is -2.20. The van der Waals surface area contributed by atoms with Gasteiger partial charge >= 0.3 is 6.03 Å². The van der Waals surface area contributed by atoms with Crippen LogP contribution in [0.2, 0.25) is 0 Å². The molecule has 69 heavy (non-hydrogen) atoms. The largest absolute Gasteiger partial charge is 0.507 e. The second kappa shape index (κ2) is 18.2. The van der Waals surface area contributed by atoms with Crippen LogP contribution in [0.3, 0.4) is 0 Å². The van der Waals surface area contributed by atoms with Crippen molar-refractivity contribution in [2.24, 2.45) is 0 Å². The van der Waals surface area contributed by atoms with Gasteiger partial charge in [0, 0.05) is 56.7 Å². The molecule has 0 unspecified atom stereocenters. The van der Waals surface area contributed by atoms with Crippen LogP contribution in [0.5, 0.6) is 11.5 Å². The Morgan fingerprint density at radius 2 is 0.652 bits per heavy atom. The Labute approximate surface area is 389 Å². The molecule has 23 nitrogen and oxygen atoms in total. The van der Waals surface area contributed by atoms with Crippen molar-refractivity contribution in [1.29, 1.82) is 0 Å². The van der Waals surface area contributed by atoms with Crippen molar-refractivity contribution in [3.05, 3.63) is 138 Å². The summed E-state index contributed by atoms with van der Waals surface area (Å²) in [6.45, 7) is 0. The topological polar surface area (TPSA) is 386 Å². The van der Waals surface area contributed by atoms with E-state index in [0.717, 1.165) is 36.4 Å². The van der Waals surface area contributed by atoms with Crippen LogP contribution in [0.25, 0.3) is 21.5 Å². The number of rotatable bonds is 12. The van der Waals surface area contributed by atoms with Crippen LogP contribution in [-0.2, 0) is 40.5 Å². The molecule has 0 fully saturated rings. The zero-order chi connectivity index (χ0) is 50.4. The van der Waals surface area contributed by atoms with E-state index in [-0.39, 0.29) is 66.7 Å². The van der Waals surface area contributed by atoms with Crippen molar-refractivity contribution in [2.75, 3.05) is 26.6 Å². The van der Waals surface area contributed by atoms with E-state index in [9.17, 15) is 81.3 Å². The molecule has 7 rings (SSSR count). The number of carbonyl (C=O) groups is 4. The molecule has 11 N–H and O–H groups in total.